The molecule has 0 radical (unpaired) electrons. The largest absolute Gasteiger partial charge is 0.300 e. The maximum Gasteiger partial charge on any atom is 0.269 e. The Kier molecular flexibility index (Phi) is 2.13. The monoisotopic (exact) mass is 204 g/mol. The average molecular weight is 204 g/mol. The molecule has 0 saturated carbocycles. The first-order valence-electron chi connectivity index (χ1n) is 5.17. The SMILES string of the molecule is CC(C)N1CC2(CN(C)CC2(F)F)C1. The molecule has 14 heavy (non-hydrogen) atoms. The lowest BCUT2D eigenvalue weighted by Crippen LogP contribution is -2.65. The quantitative estimate of drug-likeness (QED) is 0.635. The van der Waals surface area contributed by atoms with E-state index in [1.807, 2.05) is 0 Å². The molecule has 0 atom stereocenters. The van der Waals surface area contributed by atoms with Crippen molar-refractivity contribution in [2.24, 2.45) is 5.41 Å². The lowest BCUT2D eigenvalue weighted by atomic mass is 9.75. The summed E-state index contributed by atoms with van der Waals surface area (Å²) in [7, 11) is 1.78. The van der Waals surface area contributed by atoms with Gasteiger partial charge in [-0.15, -0.1) is 0 Å². The van der Waals surface area contributed by atoms with Crippen LogP contribution in [0.15, 0.2) is 0 Å². The van der Waals surface area contributed by atoms with E-state index in [2.05, 4.69) is 18.7 Å². The Morgan fingerprint density at radius 1 is 1.07 bits per heavy atom. The Bertz CT molecular complexity index is 234. The number of alkyl halides is 2. The van der Waals surface area contributed by atoms with Gasteiger partial charge in [0.2, 0.25) is 0 Å². The van der Waals surface area contributed by atoms with Crippen LogP contribution in [-0.4, -0.2) is 55.0 Å². The highest BCUT2D eigenvalue weighted by Crippen LogP contribution is 2.49. The number of halogens is 2. The normalized spacial score (nSPS) is 31.3. The zero-order chi connectivity index (χ0) is 10.6. The maximum absolute atomic E-state index is 13.7. The predicted molar refractivity (Wildman–Crippen MR) is 51.6 cm³/mol. The van der Waals surface area contributed by atoms with Crippen LogP contribution in [0.4, 0.5) is 8.78 Å². The third-order valence-electron chi connectivity index (χ3n) is 3.56. The summed E-state index contributed by atoms with van der Waals surface area (Å²) < 4.78 is 27.3. The van der Waals surface area contributed by atoms with Gasteiger partial charge in [0.15, 0.2) is 0 Å². The molecular formula is C10H18F2N2. The third-order valence-corrected chi connectivity index (χ3v) is 3.56. The van der Waals surface area contributed by atoms with Crippen LogP contribution in [0, 0.1) is 5.41 Å². The summed E-state index contributed by atoms with van der Waals surface area (Å²) in [6.45, 7) is 5.71. The molecule has 2 aliphatic heterocycles. The van der Waals surface area contributed by atoms with Crippen LogP contribution in [0.5, 0.6) is 0 Å². The molecule has 2 heterocycles. The highest BCUT2D eigenvalue weighted by atomic mass is 19.3. The van der Waals surface area contributed by atoms with Gasteiger partial charge in [0.05, 0.1) is 12.0 Å². The summed E-state index contributed by atoms with van der Waals surface area (Å²) in [6.07, 6.45) is 0. The van der Waals surface area contributed by atoms with E-state index in [0.717, 1.165) is 0 Å². The lowest BCUT2D eigenvalue weighted by Gasteiger charge is -2.52. The van der Waals surface area contributed by atoms with Crippen molar-refractivity contribution in [1.82, 2.24) is 9.80 Å². The fraction of sp³-hybridized carbons (Fsp3) is 1.00. The van der Waals surface area contributed by atoms with E-state index in [1.165, 1.54) is 0 Å². The van der Waals surface area contributed by atoms with Crippen LogP contribution in [-0.2, 0) is 0 Å². The second kappa shape index (κ2) is 2.89. The van der Waals surface area contributed by atoms with Crippen molar-refractivity contribution in [3.8, 4) is 0 Å². The molecule has 2 nitrogen and oxygen atoms in total. The van der Waals surface area contributed by atoms with E-state index < -0.39 is 11.3 Å². The molecular weight excluding hydrogens is 186 g/mol. The first-order chi connectivity index (χ1) is 6.36. The molecule has 1 spiro atoms. The molecule has 0 N–H and O–H groups in total. The minimum Gasteiger partial charge on any atom is -0.300 e. The highest BCUT2D eigenvalue weighted by molar-refractivity contribution is 5.10. The van der Waals surface area contributed by atoms with Crippen LogP contribution >= 0.6 is 0 Å². The molecule has 0 bridgehead atoms. The molecule has 0 aromatic rings. The van der Waals surface area contributed by atoms with Gasteiger partial charge in [0.1, 0.15) is 0 Å². The van der Waals surface area contributed by atoms with E-state index in [9.17, 15) is 8.78 Å². The van der Waals surface area contributed by atoms with Crippen LogP contribution in [0.1, 0.15) is 13.8 Å². The standard InChI is InChI=1S/C10H18F2N2/c1-8(2)14-5-9(6-14)4-13(3)7-10(9,11)12/h8H,4-7H2,1-3H3. The number of nitrogens with zero attached hydrogens (tertiary/aromatic N) is 2. The number of hydrogen-bond donors (Lipinski definition) is 0. The van der Waals surface area contributed by atoms with Gasteiger partial charge < -0.3 is 0 Å². The zero-order valence-corrected chi connectivity index (χ0v) is 9.06. The van der Waals surface area contributed by atoms with Gasteiger partial charge in [-0.3, -0.25) is 9.80 Å². The number of likely N-dealkylation sites (tertiary alicyclic amines) is 2. The Morgan fingerprint density at radius 2 is 1.64 bits per heavy atom. The second-order valence-corrected chi connectivity index (χ2v) is 5.16. The van der Waals surface area contributed by atoms with Gasteiger partial charge >= 0.3 is 0 Å². The van der Waals surface area contributed by atoms with E-state index in [4.69, 9.17) is 0 Å². The summed E-state index contributed by atoms with van der Waals surface area (Å²) >= 11 is 0. The molecule has 0 aliphatic carbocycles. The topological polar surface area (TPSA) is 6.48 Å². The van der Waals surface area contributed by atoms with Gasteiger partial charge in [-0.05, 0) is 20.9 Å². The van der Waals surface area contributed by atoms with Gasteiger partial charge in [-0.2, -0.15) is 0 Å². The van der Waals surface area contributed by atoms with Gasteiger partial charge in [0.25, 0.3) is 5.92 Å². The predicted octanol–water partition coefficient (Wildman–Crippen LogP) is 1.28. The molecule has 82 valence electrons. The van der Waals surface area contributed by atoms with Crippen molar-refractivity contribution in [1.29, 1.82) is 0 Å². The summed E-state index contributed by atoms with van der Waals surface area (Å²) in [5.74, 6) is -2.49. The smallest absolute Gasteiger partial charge is 0.269 e. The van der Waals surface area contributed by atoms with E-state index in [0.29, 0.717) is 25.7 Å². The van der Waals surface area contributed by atoms with Crippen LogP contribution < -0.4 is 0 Å². The Morgan fingerprint density at radius 3 is 2.00 bits per heavy atom. The molecule has 2 fully saturated rings. The molecule has 2 saturated heterocycles. The molecule has 0 unspecified atom stereocenters. The lowest BCUT2D eigenvalue weighted by molar-refractivity contribution is -0.163. The summed E-state index contributed by atoms with van der Waals surface area (Å²) in [6, 6.07) is 0.391. The minimum absolute atomic E-state index is 0.0705. The Hall–Kier alpha value is -0.220. The first kappa shape index (κ1) is 10.3. The van der Waals surface area contributed by atoms with Crippen LogP contribution in [0.2, 0.25) is 0 Å². The Balaban J connectivity index is 2.06. The maximum atomic E-state index is 13.7. The van der Waals surface area contributed by atoms with E-state index in [1.54, 1.807) is 11.9 Å². The van der Waals surface area contributed by atoms with E-state index >= 15 is 0 Å². The minimum atomic E-state index is -2.49. The summed E-state index contributed by atoms with van der Waals surface area (Å²) in [4.78, 5) is 3.87. The summed E-state index contributed by atoms with van der Waals surface area (Å²) in [5.41, 5.74) is -0.744. The van der Waals surface area contributed by atoms with Gasteiger partial charge in [0, 0.05) is 25.7 Å². The summed E-state index contributed by atoms with van der Waals surface area (Å²) in [5, 5.41) is 0. The van der Waals surface area contributed by atoms with Crippen LogP contribution in [0.3, 0.4) is 0 Å². The zero-order valence-electron chi connectivity index (χ0n) is 9.06. The number of rotatable bonds is 1. The highest BCUT2D eigenvalue weighted by Gasteiger charge is 2.64. The van der Waals surface area contributed by atoms with Crippen molar-refractivity contribution in [3.05, 3.63) is 0 Å². The molecule has 2 aliphatic rings. The molecule has 4 heteroatoms. The fourth-order valence-electron chi connectivity index (χ4n) is 2.62. The van der Waals surface area contributed by atoms with Crippen molar-refractivity contribution in [3.63, 3.8) is 0 Å². The first-order valence-corrected chi connectivity index (χ1v) is 5.17. The third kappa shape index (κ3) is 1.27. The molecule has 2 rings (SSSR count). The van der Waals surface area contributed by atoms with Crippen LogP contribution in [0.25, 0.3) is 0 Å². The molecule has 0 aromatic carbocycles. The molecule has 0 amide bonds. The van der Waals surface area contributed by atoms with Crippen molar-refractivity contribution in [2.75, 3.05) is 33.2 Å². The van der Waals surface area contributed by atoms with Crippen molar-refractivity contribution < 1.29 is 8.78 Å². The van der Waals surface area contributed by atoms with E-state index in [-0.39, 0.29) is 6.54 Å². The van der Waals surface area contributed by atoms with Gasteiger partial charge in [-0.1, -0.05) is 0 Å². The Labute approximate surface area is 83.9 Å². The van der Waals surface area contributed by atoms with Crippen molar-refractivity contribution in [2.45, 2.75) is 25.8 Å². The fourth-order valence-corrected chi connectivity index (χ4v) is 2.62. The van der Waals surface area contributed by atoms with Gasteiger partial charge in [-0.25, -0.2) is 8.78 Å². The average Bonchev–Trinajstić information content (AvgIpc) is 2.15. The number of hydrogen-bond acceptors (Lipinski definition) is 2. The van der Waals surface area contributed by atoms with Crippen molar-refractivity contribution >= 4 is 0 Å². The second-order valence-electron chi connectivity index (χ2n) is 5.16. The molecule has 0 aromatic heterocycles.